The van der Waals surface area contributed by atoms with E-state index in [2.05, 4.69) is 0 Å². The molecule has 0 aromatic heterocycles. The number of carbonyl (C=O) groups is 1. The van der Waals surface area contributed by atoms with Crippen molar-refractivity contribution < 1.29 is 13.6 Å². The lowest BCUT2D eigenvalue weighted by Gasteiger charge is -2.34. The third-order valence-corrected chi connectivity index (χ3v) is 2.33. The Morgan fingerprint density at radius 3 is 2.31 bits per heavy atom. The number of hydrogen-bond donors (Lipinski definition) is 0. The summed E-state index contributed by atoms with van der Waals surface area (Å²) in [5.74, 6) is -2.71. The molecule has 4 heteroatoms. The van der Waals surface area contributed by atoms with E-state index in [9.17, 15) is 13.6 Å². The summed E-state index contributed by atoms with van der Waals surface area (Å²) in [6, 6.07) is -0.630. The average molecular weight is 191 g/mol. The Morgan fingerprint density at radius 1 is 1.46 bits per heavy atom. The van der Waals surface area contributed by atoms with Gasteiger partial charge in [-0.1, -0.05) is 0 Å². The van der Waals surface area contributed by atoms with E-state index < -0.39 is 12.0 Å². The lowest BCUT2D eigenvalue weighted by Crippen LogP contribution is -2.45. The molecule has 1 rings (SSSR count). The van der Waals surface area contributed by atoms with Crippen molar-refractivity contribution >= 4 is 6.29 Å². The zero-order valence-electron chi connectivity index (χ0n) is 8.18. The van der Waals surface area contributed by atoms with Crippen LogP contribution in [0.15, 0.2) is 0 Å². The maximum atomic E-state index is 13.0. The molecule has 0 aromatic rings. The van der Waals surface area contributed by atoms with Gasteiger partial charge in [0.15, 0.2) is 0 Å². The Balaban J connectivity index is 2.81. The molecule has 1 unspecified atom stereocenters. The van der Waals surface area contributed by atoms with E-state index in [0.29, 0.717) is 6.29 Å². The van der Waals surface area contributed by atoms with E-state index in [0.717, 1.165) is 0 Å². The zero-order chi connectivity index (χ0) is 10.3. The Bertz CT molecular complexity index is 210. The summed E-state index contributed by atoms with van der Waals surface area (Å²) in [4.78, 5) is 12.1. The van der Waals surface area contributed by atoms with Crippen molar-refractivity contribution in [3.63, 3.8) is 0 Å². The molecule has 0 N–H and O–H groups in total. The molecule has 1 aliphatic heterocycles. The second kappa shape index (κ2) is 3.01. The molecule has 13 heavy (non-hydrogen) atoms. The highest BCUT2D eigenvalue weighted by Gasteiger charge is 2.48. The predicted molar refractivity (Wildman–Crippen MR) is 45.9 cm³/mol. The first-order valence-electron chi connectivity index (χ1n) is 4.36. The van der Waals surface area contributed by atoms with Gasteiger partial charge in [0.25, 0.3) is 5.92 Å². The fourth-order valence-electron chi connectivity index (χ4n) is 1.70. The number of rotatable bonds is 1. The molecule has 1 aliphatic rings. The first-order chi connectivity index (χ1) is 5.76. The summed E-state index contributed by atoms with van der Waals surface area (Å²) >= 11 is 0. The first-order valence-corrected chi connectivity index (χ1v) is 4.36. The SMILES string of the molecule is CC(C)(C)N1CC(F)(F)CC1C=O. The molecular weight excluding hydrogens is 176 g/mol. The van der Waals surface area contributed by atoms with Crippen molar-refractivity contribution in [2.24, 2.45) is 0 Å². The topological polar surface area (TPSA) is 20.3 Å². The summed E-state index contributed by atoms with van der Waals surface area (Å²) < 4.78 is 25.9. The monoisotopic (exact) mass is 191 g/mol. The molecule has 0 spiro atoms. The van der Waals surface area contributed by atoms with Gasteiger partial charge in [-0.05, 0) is 20.8 Å². The smallest absolute Gasteiger partial charge is 0.262 e. The summed E-state index contributed by atoms with van der Waals surface area (Å²) in [6.07, 6.45) is 0.278. The van der Waals surface area contributed by atoms with E-state index in [4.69, 9.17) is 0 Å². The van der Waals surface area contributed by atoms with Crippen LogP contribution in [-0.2, 0) is 4.79 Å². The van der Waals surface area contributed by atoms with Gasteiger partial charge >= 0.3 is 0 Å². The summed E-state index contributed by atoms with van der Waals surface area (Å²) in [5.41, 5.74) is -0.370. The Kier molecular flexibility index (Phi) is 2.45. The second-order valence-corrected chi connectivity index (χ2v) is 4.56. The first kappa shape index (κ1) is 10.6. The normalized spacial score (nSPS) is 29.2. The van der Waals surface area contributed by atoms with Crippen LogP contribution in [0.2, 0.25) is 0 Å². The number of nitrogens with zero attached hydrogens (tertiary/aromatic N) is 1. The van der Waals surface area contributed by atoms with Gasteiger partial charge in [-0.15, -0.1) is 0 Å². The van der Waals surface area contributed by atoms with Crippen molar-refractivity contribution in [1.29, 1.82) is 0 Å². The van der Waals surface area contributed by atoms with Gasteiger partial charge in [-0.2, -0.15) is 0 Å². The van der Waals surface area contributed by atoms with Crippen molar-refractivity contribution in [1.82, 2.24) is 4.90 Å². The molecule has 1 saturated heterocycles. The van der Waals surface area contributed by atoms with Crippen LogP contribution in [0, 0.1) is 0 Å². The molecule has 1 atom stereocenters. The van der Waals surface area contributed by atoms with Crippen LogP contribution >= 0.6 is 0 Å². The van der Waals surface area contributed by atoms with Crippen LogP contribution in [-0.4, -0.2) is 35.2 Å². The number of halogens is 2. The number of hydrogen-bond acceptors (Lipinski definition) is 2. The summed E-state index contributed by atoms with van der Waals surface area (Å²) in [5, 5.41) is 0. The number of likely N-dealkylation sites (tertiary alicyclic amines) is 1. The highest BCUT2D eigenvalue weighted by Crippen LogP contribution is 2.35. The van der Waals surface area contributed by atoms with Gasteiger partial charge in [0.1, 0.15) is 6.29 Å². The van der Waals surface area contributed by atoms with E-state index in [-0.39, 0.29) is 18.5 Å². The van der Waals surface area contributed by atoms with Gasteiger partial charge in [0.05, 0.1) is 12.6 Å². The fraction of sp³-hybridized carbons (Fsp3) is 0.889. The molecule has 1 heterocycles. The van der Waals surface area contributed by atoms with Crippen LogP contribution in [0.25, 0.3) is 0 Å². The van der Waals surface area contributed by atoms with Gasteiger partial charge in [-0.3, -0.25) is 4.90 Å². The Hall–Kier alpha value is -0.510. The fourth-order valence-corrected chi connectivity index (χ4v) is 1.70. The molecule has 0 aliphatic carbocycles. The summed E-state index contributed by atoms with van der Waals surface area (Å²) in [6.45, 7) is 5.21. The average Bonchev–Trinajstić information content (AvgIpc) is 2.24. The lowest BCUT2D eigenvalue weighted by molar-refractivity contribution is -0.113. The van der Waals surface area contributed by atoms with Gasteiger partial charge in [0.2, 0.25) is 0 Å². The van der Waals surface area contributed by atoms with Gasteiger partial charge in [0, 0.05) is 12.0 Å². The highest BCUT2D eigenvalue weighted by atomic mass is 19.3. The minimum atomic E-state index is -2.71. The predicted octanol–water partition coefficient (Wildman–Crippen LogP) is 1.69. The van der Waals surface area contributed by atoms with Crippen LogP contribution < -0.4 is 0 Å². The summed E-state index contributed by atoms with van der Waals surface area (Å²) in [7, 11) is 0. The lowest BCUT2D eigenvalue weighted by atomic mass is 10.1. The standard InChI is InChI=1S/C9H15F2NO/c1-8(2,3)12-6-9(10,11)4-7(12)5-13/h5,7H,4,6H2,1-3H3. The van der Waals surface area contributed by atoms with Crippen molar-refractivity contribution in [3.05, 3.63) is 0 Å². The number of carbonyl (C=O) groups excluding carboxylic acids is 1. The molecule has 2 nitrogen and oxygen atoms in total. The van der Waals surface area contributed by atoms with Gasteiger partial charge < -0.3 is 4.79 Å². The molecular formula is C9H15F2NO. The van der Waals surface area contributed by atoms with Crippen molar-refractivity contribution in [2.75, 3.05) is 6.54 Å². The number of aldehydes is 1. The molecule has 0 amide bonds. The minimum absolute atomic E-state index is 0.306. The zero-order valence-corrected chi connectivity index (χ0v) is 8.18. The Labute approximate surface area is 76.9 Å². The molecule has 0 saturated carbocycles. The van der Waals surface area contributed by atoms with E-state index >= 15 is 0 Å². The third kappa shape index (κ3) is 2.24. The van der Waals surface area contributed by atoms with Crippen LogP contribution in [0.5, 0.6) is 0 Å². The molecule has 76 valence electrons. The van der Waals surface area contributed by atoms with Gasteiger partial charge in [-0.25, -0.2) is 8.78 Å². The quantitative estimate of drug-likeness (QED) is 0.588. The molecule has 1 fully saturated rings. The molecule has 0 bridgehead atoms. The maximum Gasteiger partial charge on any atom is 0.262 e. The highest BCUT2D eigenvalue weighted by molar-refractivity contribution is 5.58. The third-order valence-electron chi connectivity index (χ3n) is 2.33. The molecule has 0 radical (unpaired) electrons. The van der Waals surface area contributed by atoms with E-state index in [1.807, 2.05) is 20.8 Å². The largest absolute Gasteiger partial charge is 0.302 e. The van der Waals surface area contributed by atoms with E-state index in [1.54, 1.807) is 4.90 Å². The van der Waals surface area contributed by atoms with Crippen LogP contribution in [0.3, 0.4) is 0 Å². The van der Waals surface area contributed by atoms with Crippen LogP contribution in [0.4, 0.5) is 8.78 Å². The Morgan fingerprint density at radius 2 is 2.00 bits per heavy atom. The molecule has 0 aromatic carbocycles. The van der Waals surface area contributed by atoms with Crippen molar-refractivity contribution in [3.8, 4) is 0 Å². The van der Waals surface area contributed by atoms with Crippen molar-refractivity contribution in [2.45, 2.75) is 44.7 Å². The minimum Gasteiger partial charge on any atom is -0.302 e. The number of alkyl halides is 2. The second-order valence-electron chi connectivity index (χ2n) is 4.56. The van der Waals surface area contributed by atoms with E-state index in [1.165, 1.54) is 0 Å². The maximum absolute atomic E-state index is 13.0. The van der Waals surface area contributed by atoms with Crippen LogP contribution in [0.1, 0.15) is 27.2 Å².